The van der Waals surface area contributed by atoms with Crippen molar-refractivity contribution in [3.63, 3.8) is 0 Å². The Balaban J connectivity index is 1.44. The Labute approximate surface area is 191 Å². The molecule has 33 heavy (non-hydrogen) atoms. The first kappa shape index (κ1) is 22.1. The molecule has 0 saturated carbocycles. The average molecular weight is 444 g/mol. The Bertz CT molecular complexity index is 1120. The van der Waals surface area contributed by atoms with Gasteiger partial charge in [-0.25, -0.2) is 15.2 Å². The van der Waals surface area contributed by atoms with E-state index in [1.165, 1.54) is 0 Å². The second-order valence-corrected chi connectivity index (χ2v) is 7.80. The van der Waals surface area contributed by atoms with Crippen LogP contribution in [0.5, 0.6) is 0 Å². The molecule has 0 fully saturated rings. The van der Waals surface area contributed by atoms with Gasteiger partial charge in [-0.2, -0.15) is 0 Å². The van der Waals surface area contributed by atoms with Crippen LogP contribution in [0.2, 0.25) is 0 Å². The van der Waals surface area contributed by atoms with Crippen molar-refractivity contribution in [1.82, 2.24) is 10.4 Å². The van der Waals surface area contributed by atoms with Gasteiger partial charge in [0, 0.05) is 12.3 Å². The van der Waals surface area contributed by atoms with E-state index in [0.717, 1.165) is 32.8 Å². The quantitative estimate of drug-likeness (QED) is 0.529. The summed E-state index contributed by atoms with van der Waals surface area (Å²) < 4.78 is 5.52. The van der Waals surface area contributed by atoms with Gasteiger partial charge in [-0.3, -0.25) is 9.59 Å². The van der Waals surface area contributed by atoms with Crippen LogP contribution in [0, 0.1) is 0 Å². The molecule has 0 heterocycles. The summed E-state index contributed by atoms with van der Waals surface area (Å²) in [4.78, 5) is 36.1. The Morgan fingerprint density at radius 3 is 2.00 bits per heavy atom. The van der Waals surface area contributed by atoms with E-state index in [4.69, 9.17) is 9.84 Å². The minimum Gasteiger partial charge on any atom is -0.481 e. The third-order valence-corrected chi connectivity index (χ3v) is 5.61. The molecule has 0 atom stereocenters. The molecule has 3 aromatic rings. The summed E-state index contributed by atoms with van der Waals surface area (Å²) in [6.45, 7) is 0.214. The van der Waals surface area contributed by atoms with Crippen LogP contribution in [0.1, 0.15) is 35.4 Å². The predicted molar refractivity (Wildman–Crippen MR) is 122 cm³/mol. The molecule has 7 nitrogen and oxygen atoms in total. The Kier molecular flexibility index (Phi) is 6.69. The van der Waals surface area contributed by atoms with Gasteiger partial charge in [-0.05, 0) is 27.8 Å². The molecule has 0 aromatic heterocycles. The number of rotatable bonds is 7. The molecule has 0 radical (unpaired) electrons. The summed E-state index contributed by atoms with van der Waals surface area (Å²) in [5.41, 5.74) is 7.70. The van der Waals surface area contributed by atoms with Crippen molar-refractivity contribution in [2.45, 2.75) is 25.3 Å². The lowest BCUT2D eigenvalue weighted by Gasteiger charge is -2.23. The van der Waals surface area contributed by atoms with E-state index in [-0.39, 0.29) is 31.9 Å². The normalized spacial score (nSPS) is 11.9. The molecule has 7 heteroatoms. The van der Waals surface area contributed by atoms with Crippen molar-refractivity contribution >= 4 is 18.0 Å². The van der Waals surface area contributed by atoms with Gasteiger partial charge in [0.05, 0.1) is 13.0 Å². The molecule has 0 aliphatic heterocycles. The number of fused-ring (bicyclic) bond motifs is 3. The summed E-state index contributed by atoms with van der Waals surface area (Å²) in [7, 11) is 0. The summed E-state index contributed by atoms with van der Waals surface area (Å²) >= 11 is 0. The average Bonchev–Trinajstić information content (AvgIpc) is 3.15. The highest BCUT2D eigenvalue weighted by atomic mass is 16.6. The maximum Gasteiger partial charge on any atom is 0.426 e. The second-order valence-electron chi connectivity index (χ2n) is 7.80. The Hall–Kier alpha value is -4.13. The standard InChI is InChI=1S/C26H24N2O5/c29-24(14-15-25(30)31)28(16-18-8-2-1-3-9-18)27-26(32)33-17-23-21-12-6-4-10-19(21)20-11-5-7-13-22(20)23/h1-13,23H,14-17H2,(H,27,32)(H,30,31). The smallest absolute Gasteiger partial charge is 0.426 e. The maximum absolute atomic E-state index is 12.6. The number of benzene rings is 3. The second kappa shape index (κ2) is 9.99. The fraction of sp³-hybridized carbons (Fsp3) is 0.192. The van der Waals surface area contributed by atoms with Crippen LogP contribution in [0.15, 0.2) is 78.9 Å². The topological polar surface area (TPSA) is 95.9 Å². The molecule has 0 spiro atoms. The first-order chi connectivity index (χ1) is 16.0. The molecule has 3 aromatic carbocycles. The first-order valence-corrected chi connectivity index (χ1v) is 10.7. The van der Waals surface area contributed by atoms with Gasteiger partial charge in [0.25, 0.3) is 0 Å². The van der Waals surface area contributed by atoms with Gasteiger partial charge >= 0.3 is 12.1 Å². The van der Waals surface area contributed by atoms with Crippen LogP contribution < -0.4 is 5.43 Å². The van der Waals surface area contributed by atoms with Crippen molar-refractivity contribution in [3.05, 3.63) is 95.6 Å². The lowest BCUT2D eigenvalue weighted by Crippen LogP contribution is -2.46. The van der Waals surface area contributed by atoms with E-state index in [0.29, 0.717) is 0 Å². The molecule has 1 aliphatic rings. The van der Waals surface area contributed by atoms with Gasteiger partial charge in [-0.1, -0.05) is 78.9 Å². The maximum atomic E-state index is 12.6. The van der Waals surface area contributed by atoms with Gasteiger partial charge in [0.1, 0.15) is 6.61 Å². The number of aliphatic carboxylic acids is 1. The molecule has 4 rings (SSSR count). The van der Waals surface area contributed by atoms with Crippen LogP contribution >= 0.6 is 0 Å². The molecular formula is C26H24N2O5. The summed E-state index contributed by atoms with van der Waals surface area (Å²) in [5.74, 6) is -1.69. The van der Waals surface area contributed by atoms with Gasteiger partial charge in [0.15, 0.2) is 0 Å². The number of carboxylic acid groups (broad SMARTS) is 1. The molecule has 0 saturated heterocycles. The number of ether oxygens (including phenoxy) is 1. The monoisotopic (exact) mass is 444 g/mol. The fourth-order valence-corrected chi connectivity index (χ4v) is 4.05. The largest absolute Gasteiger partial charge is 0.481 e. The van der Waals surface area contributed by atoms with E-state index in [1.54, 1.807) is 0 Å². The summed E-state index contributed by atoms with van der Waals surface area (Å²) in [6.07, 6.45) is -1.32. The molecule has 0 bridgehead atoms. The van der Waals surface area contributed by atoms with Crippen LogP contribution in [-0.2, 0) is 20.9 Å². The first-order valence-electron chi connectivity index (χ1n) is 10.7. The van der Waals surface area contributed by atoms with Crippen molar-refractivity contribution in [2.24, 2.45) is 0 Å². The van der Waals surface area contributed by atoms with E-state index in [1.807, 2.05) is 66.7 Å². The van der Waals surface area contributed by atoms with Crippen molar-refractivity contribution in [3.8, 4) is 11.1 Å². The third-order valence-electron chi connectivity index (χ3n) is 5.61. The lowest BCUT2D eigenvalue weighted by atomic mass is 9.98. The predicted octanol–water partition coefficient (Wildman–Crippen LogP) is 4.33. The number of carboxylic acids is 1. The number of amides is 2. The van der Waals surface area contributed by atoms with E-state index in [9.17, 15) is 14.4 Å². The zero-order valence-corrected chi connectivity index (χ0v) is 17.9. The zero-order chi connectivity index (χ0) is 23.2. The number of hydrogen-bond acceptors (Lipinski definition) is 4. The van der Waals surface area contributed by atoms with E-state index >= 15 is 0 Å². The van der Waals surface area contributed by atoms with Crippen LogP contribution in [0.25, 0.3) is 11.1 Å². The Morgan fingerprint density at radius 2 is 1.39 bits per heavy atom. The van der Waals surface area contributed by atoms with Gasteiger partial charge < -0.3 is 9.84 Å². The number of carbonyl (C=O) groups is 3. The number of nitrogens with zero attached hydrogens (tertiary/aromatic N) is 1. The highest BCUT2D eigenvalue weighted by molar-refractivity contribution is 5.83. The van der Waals surface area contributed by atoms with Crippen LogP contribution in [0.4, 0.5) is 4.79 Å². The van der Waals surface area contributed by atoms with Crippen molar-refractivity contribution in [2.75, 3.05) is 6.61 Å². The minimum atomic E-state index is -1.08. The highest BCUT2D eigenvalue weighted by Gasteiger charge is 2.29. The molecule has 2 N–H and O–H groups in total. The highest BCUT2D eigenvalue weighted by Crippen LogP contribution is 2.44. The number of carbonyl (C=O) groups excluding carboxylic acids is 2. The van der Waals surface area contributed by atoms with E-state index < -0.39 is 18.0 Å². The number of hydrazine groups is 1. The molecule has 1 aliphatic carbocycles. The minimum absolute atomic E-state index is 0.101. The van der Waals surface area contributed by atoms with Crippen LogP contribution in [0.3, 0.4) is 0 Å². The molecule has 0 unspecified atom stereocenters. The third kappa shape index (κ3) is 5.20. The van der Waals surface area contributed by atoms with E-state index in [2.05, 4.69) is 17.6 Å². The summed E-state index contributed by atoms with van der Waals surface area (Å²) in [6, 6.07) is 25.2. The zero-order valence-electron chi connectivity index (χ0n) is 17.9. The van der Waals surface area contributed by atoms with Gasteiger partial charge in [0.2, 0.25) is 5.91 Å². The Morgan fingerprint density at radius 1 is 0.818 bits per heavy atom. The lowest BCUT2D eigenvalue weighted by molar-refractivity contribution is -0.142. The van der Waals surface area contributed by atoms with Gasteiger partial charge in [-0.15, -0.1) is 0 Å². The number of nitrogens with one attached hydrogen (secondary N) is 1. The summed E-state index contributed by atoms with van der Waals surface area (Å²) in [5, 5.41) is 10.0. The fourth-order valence-electron chi connectivity index (χ4n) is 4.05. The van der Waals surface area contributed by atoms with Crippen molar-refractivity contribution in [1.29, 1.82) is 0 Å². The molecule has 168 valence electrons. The van der Waals surface area contributed by atoms with Crippen LogP contribution in [-0.4, -0.2) is 34.7 Å². The molecular weight excluding hydrogens is 420 g/mol. The molecule has 2 amide bonds. The SMILES string of the molecule is O=C(O)CCC(=O)N(Cc1ccccc1)NC(=O)OCC1c2ccccc2-c2ccccc21. The number of hydrogen-bond donors (Lipinski definition) is 2. The van der Waals surface area contributed by atoms with Crippen molar-refractivity contribution < 1.29 is 24.2 Å².